The highest BCUT2D eigenvalue weighted by Crippen LogP contribution is 2.18. The number of sulfonamides is 1. The molecular formula is C24H25N3O4S. The monoisotopic (exact) mass is 451 g/mol. The molecular weight excluding hydrogens is 426 g/mol. The minimum atomic E-state index is -3.67. The second kappa shape index (κ2) is 10.2. The number of aryl methyl sites for hydroxylation is 1. The van der Waals surface area contributed by atoms with Crippen molar-refractivity contribution in [2.45, 2.75) is 30.7 Å². The van der Waals surface area contributed by atoms with Gasteiger partial charge in [-0.05, 0) is 60.9 Å². The van der Waals surface area contributed by atoms with Gasteiger partial charge in [-0.3, -0.25) is 9.59 Å². The Morgan fingerprint density at radius 2 is 1.53 bits per heavy atom. The van der Waals surface area contributed by atoms with Crippen LogP contribution in [0.15, 0.2) is 83.8 Å². The van der Waals surface area contributed by atoms with Crippen LogP contribution in [0.1, 0.15) is 40.9 Å². The van der Waals surface area contributed by atoms with E-state index in [9.17, 15) is 18.0 Å². The highest BCUT2D eigenvalue weighted by atomic mass is 32.2. The maximum atomic E-state index is 12.7. The standard InChI is InChI=1S/C24H25N3O4S/c1-17(19-5-3-2-4-6-19)27-32(30,31)22-14-7-18(8-15-22)9-16-23(28)26-21-12-10-20(11-13-21)24(25)29/h2-8,10-15,17,27H,9,16H2,1H3,(H2,25,29)(H,26,28)/t17-/m0/s1. The van der Waals surface area contributed by atoms with E-state index in [0.717, 1.165) is 11.1 Å². The quantitative estimate of drug-likeness (QED) is 0.462. The summed E-state index contributed by atoms with van der Waals surface area (Å²) in [4.78, 5) is 23.4. The molecule has 0 aromatic heterocycles. The number of hydrogen-bond donors (Lipinski definition) is 3. The van der Waals surface area contributed by atoms with Gasteiger partial charge in [0.2, 0.25) is 21.8 Å². The van der Waals surface area contributed by atoms with E-state index in [0.29, 0.717) is 17.7 Å². The molecule has 0 fully saturated rings. The zero-order chi connectivity index (χ0) is 23.1. The van der Waals surface area contributed by atoms with Gasteiger partial charge in [0.1, 0.15) is 0 Å². The van der Waals surface area contributed by atoms with Crippen molar-refractivity contribution in [3.8, 4) is 0 Å². The fraction of sp³-hybridized carbons (Fsp3) is 0.167. The van der Waals surface area contributed by atoms with Crippen molar-refractivity contribution < 1.29 is 18.0 Å². The minimum absolute atomic E-state index is 0.169. The first-order chi connectivity index (χ1) is 15.2. The van der Waals surface area contributed by atoms with Gasteiger partial charge in [0, 0.05) is 23.7 Å². The zero-order valence-corrected chi connectivity index (χ0v) is 18.4. The predicted molar refractivity (Wildman–Crippen MR) is 124 cm³/mol. The number of anilines is 1. The van der Waals surface area contributed by atoms with Crippen molar-refractivity contribution in [1.82, 2.24) is 4.72 Å². The predicted octanol–water partition coefficient (Wildman–Crippen LogP) is 3.40. The molecule has 1 atom stereocenters. The SMILES string of the molecule is C[C@H](NS(=O)(=O)c1ccc(CCC(=O)Nc2ccc(C(N)=O)cc2)cc1)c1ccccc1. The number of amides is 2. The number of carbonyl (C=O) groups excluding carboxylic acids is 2. The Morgan fingerprint density at radius 1 is 0.906 bits per heavy atom. The molecule has 0 unspecified atom stereocenters. The van der Waals surface area contributed by atoms with Crippen LogP contribution < -0.4 is 15.8 Å². The topological polar surface area (TPSA) is 118 Å². The smallest absolute Gasteiger partial charge is 0.248 e. The number of benzene rings is 3. The molecule has 0 aliphatic rings. The molecule has 166 valence electrons. The lowest BCUT2D eigenvalue weighted by atomic mass is 10.1. The maximum absolute atomic E-state index is 12.7. The van der Waals surface area contributed by atoms with E-state index in [1.807, 2.05) is 30.3 Å². The first-order valence-corrected chi connectivity index (χ1v) is 11.6. The first kappa shape index (κ1) is 23.2. The Kier molecular flexibility index (Phi) is 7.40. The molecule has 0 saturated heterocycles. The molecule has 0 spiro atoms. The van der Waals surface area contributed by atoms with Gasteiger partial charge < -0.3 is 11.1 Å². The van der Waals surface area contributed by atoms with Gasteiger partial charge in [-0.1, -0.05) is 42.5 Å². The molecule has 0 aliphatic carbocycles. The van der Waals surface area contributed by atoms with Crippen LogP contribution in [0.4, 0.5) is 5.69 Å². The fourth-order valence-electron chi connectivity index (χ4n) is 3.14. The highest BCUT2D eigenvalue weighted by Gasteiger charge is 2.18. The molecule has 2 amide bonds. The number of carbonyl (C=O) groups is 2. The van der Waals surface area contributed by atoms with E-state index >= 15 is 0 Å². The lowest BCUT2D eigenvalue weighted by molar-refractivity contribution is -0.116. The Morgan fingerprint density at radius 3 is 2.12 bits per heavy atom. The minimum Gasteiger partial charge on any atom is -0.366 e. The number of nitrogens with one attached hydrogen (secondary N) is 2. The molecule has 7 nitrogen and oxygen atoms in total. The van der Waals surface area contributed by atoms with Crippen LogP contribution in [-0.4, -0.2) is 20.2 Å². The largest absolute Gasteiger partial charge is 0.366 e. The molecule has 3 rings (SSSR count). The van der Waals surface area contributed by atoms with Crippen LogP contribution in [0.5, 0.6) is 0 Å². The molecule has 3 aromatic carbocycles. The van der Waals surface area contributed by atoms with Gasteiger partial charge in [0.05, 0.1) is 4.90 Å². The summed E-state index contributed by atoms with van der Waals surface area (Å²) >= 11 is 0. The average molecular weight is 452 g/mol. The number of rotatable bonds is 9. The molecule has 8 heteroatoms. The van der Waals surface area contributed by atoms with Gasteiger partial charge in [0.25, 0.3) is 0 Å². The van der Waals surface area contributed by atoms with Crippen LogP contribution in [0, 0.1) is 0 Å². The zero-order valence-electron chi connectivity index (χ0n) is 17.6. The highest BCUT2D eigenvalue weighted by molar-refractivity contribution is 7.89. The lowest BCUT2D eigenvalue weighted by Crippen LogP contribution is -2.26. The third-order valence-corrected chi connectivity index (χ3v) is 6.52. The van der Waals surface area contributed by atoms with Crippen LogP contribution in [0.3, 0.4) is 0 Å². The molecule has 0 heterocycles. The summed E-state index contributed by atoms with van der Waals surface area (Å²) in [5.74, 6) is -0.718. The Balaban J connectivity index is 1.54. The van der Waals surface area contributed by atoms with Crippen LogP contribution in [-0.2, 0) is 21.2 Å². The van der Waals surface area contributed by atoms with Gasteiger partial charge in [-0.15, -0.1) is 0 Å². The van der Waals surface area contributed by atoms with Crippen molar-refractivity contribution >= 4 is 27.5 Å². The fourth-order valence-corrected chi connectivity index (χ4v) is 4.38. The van der Waals surface area contributed by atoms with Crippen molar-refractivity contribution in [2.75, 3.05) is 5.32 Å². The second-order valence-corrected chi connectivity index (χ2v) is 9.10. The Bertz CT molecular complexity index is 1180. The van der Waals surface area contributed by atoms with Crippen molar-refractivity contribution in [1.29, 1.82) is 0 Å². The van der Waals surface area contributed by atoms with Gasteiger partial charge in [0.15, 0.2) is 0 Å². The van der Waals surface area contributed by atoms with Gasteiger partial charge >= 0.3 is 0 Å². The Hall–Kier alpha value is -3.49. The molecule has 0 radical (unpaired) electrons. The van der Waals surface area contributed by atoms with Crippen molar-refractivity contribution in [3.63, 3.8) is 0 Å². The lowest BCUT2D eigenvalue weighted by Gasteiger charge is -2.15. The average Bonchev–Trinajstić information content (AvgIpc) is 2.78. The van der Waals surface area contributed by atoms with Crippen LogP contribution in [0.25, 0.3) is 0 Å². The van der Waals surface area contributed by atoms with E-state index < -0.39 is 15.9 Å². The van der Waals surface area contributed by atoms with E-state index in [2.05, 4.69) is 10.0 Å². The summed E-state index contributed by atoms with van der Waals surface area (Å²) in [5, 5.41) is 2.75. The maximum Gasteiger partial charge on any atom is 0.248 e. The first-order valence-electron chi connectivity index (χ1n) is 10.1. The van der Waals surface area contributed by atoms with E-state index in [-0.39, 0.29) is 23.3 Å². The molecule has 0 bridgehead atoms. The summed E-state index contributed by atoms with van der Waals surface area (Å²) in [6.07, 6.45) is 0.687. The summed E-state index contributed by atoms with van der Waals surface area (Å²) in [6, 6.07) is 21.8. The molecule has 3 aromatic rings. The summed E-state index contributed by atoms with van der Waals surface area (Å²) in [6.45, 7) is 1.79. The van der Waals surface area contributed by atoms with E-state index in [4.69, 9.17) is 5.73 Å². The number of hydrogen-bond acceptors (Lipinski definition) is 4. The third-order valence-electron chi connectivity index (χ3n) is 4.96. The summed E-state index contributed by atoms with van der Waals surface area (Å²) in [7, 11) is -3.67. The van der Waals surface area contributed by atoms with E-state index in [1.165, 1.54) is 12.1 Å². The second-order valence-electron chi connectivity index (χ2n) is 7.39. The van der Waals surface area contributed by atoms with Crippen LogP contribution >= 0.6 is 0 Å². The number of primary amides is 1. The molecule has 4 N–H and O–H groups in total. The number of nitrogens with two attached hydrogens (primary N) is 1. The third kappa shape index (κ3) is 6.26. The van der Waals surface area contributed by atoms with Crippen LogP contribution in [0.2, 0.25) is 0 Å². The summed E-state index contributed by atoms with van der Waals surface area (Å²) in [5.41, 5.74) is 7.86. The van der Waals surface area contributed by atoms with Gasteiger partial charge in [-0.2, -0.15) is 0 Å². The van der Waals surface area contributed by atoms with Gasteiger partial charge in [-0.25, -0.2) is 13.1 Å². The molecule has 32 heavy (non-hydrogen) atoms. The normalized spacial score (nSPS) is 12.2. The van der Waals surface area contributed by atoms with Crippen molar-refractivity contribution in [2.24, 2.45) is 5.73 Å². The molecule has 0 saturated carbocycles. The Labute approximate surface area is 187 Å². The van der Waals surface area contributed by atoms with E-state index in [1.54, 1.807) is 43.3 Å². The van der Waals surface area contributed by atoms with Crippen molar-refractivity contribution in [3.05, 3.63) is 95.6 Å². The molecule has 0 aliphatic heterocycles. The summed E-state index contributed by atoms with van der Waals surface area (Å²) < 4.78 is 28.0.